The number of benzene rings is 1. The molecule has 19 heavy (non-hydrogen) atoms. The van der Waals surface area contributed by atoms with E-state index in [2.05, 4.69) is 4.98 Å². The highest BCUT2D eigenvalue weighted by Crippen LogP contribution is 2.25. The zero-order valence-corrected chi connectivity index (χ0v) is 11.2. The first-order chi connectivity index (χ1) is 9.00. The van der Waals surface area contributed by atoms with E-state index < -0.39 is 20.9 Å². The summed E-state index contributed by atoms with van der Waals surface area (Å²) in [5.74, 6) is -0.434. The maximum Gasteiger partial charge on any atom is 0.185 e. The normalized spacial score (nSPS) is 12.9. The average molecular weight is 275 g/mol. The number of Topliss-reactive ketones (excluding diaryl/α,β-unsaturated/α-hetero) is 1. The molecule has 1 aromatic heterocycles. The second-order valence-corrected chi connectivity index (χ2v) is 6.36. The molecule has 0 aliphatic rings. The third-order valence-corrected chi connectivity index (χ3v) is 4.05. The zero-order chi connectivity index (χ0) is 13.9. The summed E-state index contributed by atoms with van der Waals surface area (Å²) in [5.41, 5.74) is 0.764. The standard InChI is InChI=1S/C14H13NO3S/c1-19(17,18)14(12-8-5-9-15-10-12)13(16)11-6-3-2-4-7-11/h2-10,14H,1H3. The third-order valence-electron chi connectivity index (χ3n) is 2.71. The van der Waals surface area contributed by atoms with Gasteiger partial charge in [-0.05, 0) is 11.6 Å². The monoisotopic (exact) mass is 275 g/mol. The van der Waals surface area contributed by atoms with Crippen molar-refractivity contribution < 1.29 is 13.2 Å². The number of carbonyl (C=O) groups excluding carboxylic acids is 1. The van der Waals surface area contributed by atoms with Crippen LogP contribution in [0.2, 0.25) is 0 Å². The van der Waals surface area contributed by atoms with Gasteiger partial charge in [0.2, 0.25) is 0 Å². The predicted molar refractivity (Wildman–Crippen MR) is 72.6 cm³/mol. The molecule has 0 aliphatic heterocycles. The lowest BCUT2D eigenvalue weighted by molar-refractivity contribution is 0.0987. The van der Waals surface area contributed by atoms with Crippen molar-refractivity contribution in [2.24, 2.45) is 0 Å². The summed E-state index contributed by atoms with van der Waals surface area (Å²) < 4.78 is 23.8. The second-order valence-electron chi connectivity index (χ2n) is 4.23. The van der Waals surface area contributed by atoms with Crippen LogP contribution in [-0.2, 0) is 9.84 Å². The fourth-order valence-corrected chi connectivity index (χ4v) is 3.04. The lowest BCUT2D eigenvalue weighted by Gasteiger charge is -2.14. The van der Waals surface area contributed by atoms with Crippen LogP contribution >= 0.6 is 0 Å². The Bertz CT molecular complexity index is 666. The number of pyridine rings is 1. The predicted octanol–water partition coefficient (Wildman–Crippen LogP) is 2.05. The van der Waals surface area contributed by atoms with E-state index in [4.69, 9.17) is 0 Å². The molecule has 1 aromatic carbocycles. The fraction of sp³-hybridized carbons (Fsp3) is 0.143. The van der Waals surface area contributed by atoms with Crippen molar-refractivity contribution >= 4 is 15.6 Å². The lowest BCUT2D eigenvalue weighted by Crippen LogP contribution is -2.21. The van der Waals surface area contributed by atoms with Crippen molar-refractivity contribution in [1.82, 2.24) is 4.98 Å². The van der Waals surface area contributed by atoms with Gasteiger partial charge in [0, 0.05) is 24.2 Å². The summed E-state index contributed by atoms with van der Waals surface area (Å²) in [6.07, 6.45) is 4.01. The van der Waals surface area contributed by atoms with Gasteiger partial charge in [0.15, 0.2) is 20.9 Å². The van der Waals surface area contributed by atoms with Crippen molar-refractivity contribution in [3.63, 3.8) is 0 Å². The minimum Gasteiger partial charge on any atom is -0.292 e. The first-order valence-corrected chi connectivity index (χ1v) is 7.63. The van der Waals surface area contributed by atoms with E-state index >= 15 is 0 Å². The molecular weight excluding hydrogens is 262 g/mol. The number of rotatable bonds is 4. The molecule has 0 N–H and O–H groups in total. The highest BCUT2D eigenvalue weighted by atomic mass is 32.2. The highest BCUT2D eigenvalue weighted by Gasteiger charge is 2.31. The van der Waals surface area contributed by atoms with Crippen molar-refractivity contribution in [3.05, 3.63) is 66.0 Å². The van der Waals surface area contributed by atoms with E-state index in [9.17, 15) is 13.2 Å². The molecule has 0 spiro atoms. The number of hydrogen-bond acceptors (Lipinski definition) is 4. The third kappa shape index (κ3) is 3.06. The second kappa shape index (κ2) is 5.32. The molecule has 1 unspecified atom stereocenters. The number of hydrogen-bond donors (Lipinski definition) is 0. The van der Waals surface area contributed by atoms with Gasteiger partial charge < -0.3 is 0 Å². The molecule has 2 rings (SSSR count). The summed E-state index contributed by atoms with van der Waals surface area (Å²) in [6, 6.07) is 11.6. The summed E-state index contributed by atoms with van der Waals surface area (Å²) in [5, 5.41) is -1.21. The molecule has 0 saturated carbocycles. The van der Waals surface area contributed by atoms with Crippen molar-refractivity contribution in [2.75, 3.05) is 6.26 Å². The van der Waals surface area contributed by atoms with Gasteiger partial charge >= 0.3 is 0 Å². The number of sulfone groups is 1. The van der Waals surface area contributed by atoms with Crippen molar-refractivity contribution in [1.29, 1.82) is 0 Å². The molecule has 0 amide bonds. The topological polar surface area (TPSA) is 64.1 Å². The van der Waals surface area contributed by atoms with Gasteiger partial charge in [0.05, 0.1) is 0 Å². The van der Waals surface area contributed by atoms with Crippen LogP contribution in [0.25, 0.3) is 0 Å². The number of nitrogens with zero attached hydrogens (tertiary/aromatic N) is 1. The Kier molecular flexibility index (Phi) is 3.76. The molecule has 0 saturated heterocycles. The van der Waals surface area contributed by atoms with Crippen LogP contribution in [0.4, 0.5) is 0 Å². The molecule has 5 heteroatoms. The molecule has 1 atom stereocenters. The molecule has 0 fully saturated rings. The SMILES string of the molecule is CS(=O)(=O)C(C(=O)c1ccccc1)c1cccnc1. The summed E-state index contributed by atoms with van der Waals surface area (Å²) >= 11 is 0. The average Bonchev–Trinajstić information content (AvgIpc) is 2.39. The van der Waals surface area contributed by atoms with Gasteiger partial charge in [-0.3, -0.25) is 9.78 Å². The number of aromatic nitrogens is 1. The first-order valence-electron chi connectivity index (χ1n) is 5.68. The summed E-state index contributed by atoms with van der Waals surface area (Å²) in [7, 11) is -3.55. The minimum atomic E-state index is -3.55. The molecular formula is C14H13NO3S. The van der Waals surface area contributed by atoms with Crippen LogP contribution < -0.4 is 0 Å². The smallest absolute Gasteiger partial charge is 0.185 e. The molecule has 0 radical (unpaired) electrons. The molecule has 4 nitrogen and oxygen atoms in total. The molecule has 1 heterocycles. The molecule has 2 aromatic rings. The summed E-state index contributed by atoms with van der Waals surface area (Å²) in [6.45, 7) is 0. The van der Waals surface area contributed by atoms with Gasteiger partial charge in [-0.1, -0.05) is 36.4 Å². The minimum absolute atomic E-state index is 0.377. The maximum atomic E-state index is 12.4. The number of ketones is 1. The van der Waals surface area contributed by atoms with E-state index in [-0.39, 0.29) is 0 Å². The number of carbonyl (C=O) groups is 1. The van der Waals surface area contributed by atoms with Gasteiger partial charge in [-0.2, -0.15) is 0 Å². The van der Waals surface area contributed by atoms with Crippen LogP contribution in [0.5, 0.6) is 0 Å². The Balaban J connectivity index is 2.50. The van der Waals surface area contributed by atoms with Crippen LogP contribution in [0.3, 0.4) is 0 Å². The fourth-order valence-electron chi connectivity index (χ4n) is 1.88. The van der Waals surface area contributed by atoms with E-state index in [1.807, 2.05) is 0 Å². The van der Waals surface area contributed by atoms with E-state index in [0.717, 1.165) is 6.26 Å². The van der Waals surface area contributed by atoms with Crippen LogP contribution in [0.15, 0.2) is 54.9 Å². The van der Waals surface area contributed by atoms with Gasteiger partial charge in [0.25, 0.3) is 0 Å². The lowest BCUT2D eigenvalue weighted by atomic mass is 10.0. The van der Waals surface area contributed by atoms with E-state index in [1.54, 1.807) is 42.5 Å². The quantitative estimate of drug-likeness (QED) is 0.801. The Morgan fingerprint density at radius 2 is 1.79 bits per heavy atom. The van der Waals surface area contributed by atoms with Crippen LogP contribution in [-0.4, -0.2) is 25.4 Å². The van der Waals surface area contributed by atoms with E-state index in [1.165, 1.54) is 12.4 Å². The van der Waals surface area contributed by atoms with E-state index in [0.29, 0.717) is 11.1 Å². The van der Waals surface area contributed by atoms with Gasteiger partial charge in [-0.25, -0.2) is 8.42 Å². The highest BCUT2D eigenvalue weighted by molar-refractivity contribution is 7.91. The molecule has 98 valence electrons. The Morgan fingerprint density at radius 3 is 2.32 bits per heavy atom. The van der Waals surface area contributed by atoms with Crippen LogP contribution in [0.1, 0.15) is 21.2 Å². The first kappa shape index (κ1) is 13.4. The molecule has 0 aliphatic carbocycles. The zero-order valence-electron chi connectivity index (χ0n) is 10.4. The molecule has 0 bridgehead atoms. The van der Waals surface area contributed by atoms with Crippen LogP contribution in [0, 0.1) is 0 Å². The Morgan fingerprint density at radius 1 is 1.11 bits per heavy atom. The Labute approximate surface area is 112 Å². The van der Waals surface area contributed by atoms with Gasteiger partial charge in [-0.15, -0.1) is 0 Å². The van der Waals surface area contributed by atoms with Crippen molar-refractivity contribution in [3.8, 4) is 0 Å². The van der Waals surface area contributed by atoms with Crippen molar-refractivity contribution in [2.45, 2.75) is 5.25 Å². The maximum absolute atomic E-state index is 12.4. The van der Waals surface area contributed by atoms with Gasteiger partial charge in [0.1, 0.15) is 0 Å². The summed E-state index contributed by atoms with van der Waals surface area (Å²) in [4.78, 5) is 16.3. The largest absolute Gasteiger partial charge is 0.292 e. The Hall–Kier alpha value is -2.01.